The number of nitrogens with zero attached hydrogens (tertiary/aromatic N) is 2. The molecule has 0 unspecified atom stereocenters. The second-order valence-electron chi connectivity index (χ2n) is 4.45. The summed E-state index contributed by atoms with van der Waals surface area (Å²) in [5.74, 6) is 0.863. The lowest BCUT2D eigenvalue weighted by molar-refractivity contribution is 0.414. The van der Waals surface area contributed by atoms with Crippen LogP contribution in [0.5, 0.6) is 5.75 Å². The fraction of sp³-hybridized carbons (Fsp3) is 0.400. The standard InChI is InChI=1S/C15H21N3O/c1-3-16-10-4-5-13-11-17-18(12-13)14-6-8-15(19-2)9-7-14/h6-9,11-12,16H,3-5,10H2,1-2H3. The number of hydrogen-bond acceptors (Lipinski definition) is 3. The van der Waals surface area contributed by atoms with Crippen molar-refractivity contribution in [2.75, 3.05) is 20.2 Å². The van der Waals surface area contributed by atoms with E-state index in [1.165, 1.54) is 5.56 Å². The van der Waals surface area contributed by atoms with E-state index >= 15 is 0 Å². The lowest BCUT2D eigenvalue weighted by Gasteiger charge is -2.03. The average molecular weight is 259 g/mol. The van der Waals surface area contributed by atoms with Gasteiger partial charge in [-0.15, -0.1) is 0 Å². The number of benzene rings is 1. The lowest BCUT2D eigenvalue weighted by atomic mass is 10.2. The zero-order chi connectivity index (χ0) is 13.5. The van der Waals surface area contributed by atoms with E-state index in [-0.39, 0.29) is 0 Å². The highest BCUT2D eigenvalue weighted by molar-refractivity contribution is 5.37. The second kappa shape index (κ2) is 6.95. The van der Waals surface area contributed by atoms with Crippen molar-refractivity contribution < 1.29 is 4.74 Å². The molecular weight excluding hydrogens is 238 g/mol. The number of methoxy groups -OCH3 is 1. The topological polar surface area (TPSA) is 39.1 Å². The second-order valence-corrected chi connectivity index (χ2v) is 4.45. The Morgan fingerprint density at radius 3 is 2.74 bits per heavy atom. The van der Waals surface area contributed by atoms with Crippen LogP contribution in [0.25, 0.3) is 5.69 Å². The molecule has 0 radical (unpaired) electrons. The maximum Gasteiger partial charge on any atom is 0.119 e. The Morgan fingerprint density at radius 1 is 1.26 bits per heavy atom. The van der Waals surface area contributed by atoms with Gasteiger partial charge >= 0.3 is 0 Å². The number of hydrogen-bond donors (Lipinski definition) is 1. The van der Waals surface area contributed by atoms with E-state index in [2.05, 4.69) is 23.5 Å². The quantitative estimate of drug-likeness (QED) is 0.776. The molecule has 0 spiro atoms. The molecule has 0 saturated carbocycles. The largest absolute Gasteiger partial charge is 0.497 e. The predicted octanol–water partition coefficient (Wildman–Crippen LogP) is 2.42. The molecule has 2 rings (SSSR count). The van der Waals surface area contributed by atoms with Crippen molar-refractivity contribution in [2.45, 2.75) is 19.8 Å². The molecule has 2 aromatic rings. The molecule has 0 fully saturated rings. The van der Waals surface area contributed by atoms with E-state index in [9.17, 15) is 0 Å². The summed E-state index contributed by atoms with van der Waals surface area (Å²) in [6, 6.07) is 7.91. The maximum absolute atomic E-state index is 5.15. The Balaban J connectivity index is 1.95. The summed E-state index contributed by atoms with van der Waals surface area (Å²) >= 11 is 0. The van der Waals surface area contributed by atoms with Gasteiger partial charge in [0.05, 0.1) is 19.0 Å². The molecule has 0 aliphatic carbocycles. The molecule has 102 valence electrons. The third kappa shape index (κ3) is 3.83. The molecule has 4 nitrogen and oxygen atoms in total. The van der Waals surface area contributed by atoms with E-state index < -0.39 is 0 Å². The van der Waals surface area contributed by atoms with Gasteiger partial charge in [-0.1, -0.05) is 6.92 Å². The summed E-state index contributed by atoms with van der Waals surface area (Å²) in [6.45, 7) is 4.22. The van der Waals surface area contributed by atoms with E-state index in [1.54, 1.807) is 7.11 Å². The number of aromatic nitrogens is 2. The van der Waals surface area contributed by atoms with Crippen molar-refractivity contribution in [1.82, 2.24) is 15.1 Å². The molecule has 1 heterocycles. The summed E-state index contributed by atoms with van der Waals surface area (Å²) in [5, 5.41) is 7.72. The molecule has 0 aliphatic heterocycles. The van der Waals surface area contributed by atoms with E-state index in [1.807, 2.05) is 35.1 Å². The first-order valence-corrected chi connectivity index (χ1v) is 6.72. The number of nitrogens with one attached hydrogen (secondary N) is 1. The normalized spacial score (nSPS) is 10.6. The molecular formula is C15H21N3O. The summed E-state index contributed by atoms with van der Waals surface area (Å²) in [7, 11) is 1.67. The molecule has 1 N–H and O–H groups in total. The summed E-state index contributed by atoms with van der Waals surface area (Å²) in [5.41, 5.74) is 2.33. The minimum Gasteiger partial charge on any atom is -0.497 e. The third-order valence-corrected chi connectivity index (χ3v) is 3.04. The fourth-order valence-electron chi connectivity index (χ4n) is 1.96. The molecule has 0 aliphatic rings. The Morgan fingerprint density at radius 2 is 2.05 bits per heavy atom. The van der Waals surface area contributed by atoms with Gasteiger partial charge in [0.2, 0.25) is 0 Å². The molecule has 0 saturated heterocycles. The van der Waals surface area contributed by atoms with E-state index in [0.29, 0.717) is 0 Å². The highest BCUT2D eigenvalue weighted by atomic mass is 16.5. The average Bonchev–Trinajstić information content (AvgIpc) is 2.92. The van der Waals surface area contributed by atoms with Crippen LogP contribution in [0.3, 0.4) is 0 Å². The lowest BCUT2D eigenvalue weighted by Crippen LogP contribution is -2.14. The zero-order valence-electron chi connectivity index (χ0n) is 11.6. The van der Waals surface area contributed by atoms with Crippen molar-refractivity contribution in [3.63, 3.8) is 0 Å². The Bertz CT molecular complexity index is 490. The SMILES string of the molecule is CCNCCCc1cnn(-c2ccc(OC)cc2)c1. The summed E-state index contributed by atoms with van der Waals surface area (Å²) in [6.07, 6.45) is 6.23. The van der Waals surface area contributed by atoms with Gasteiger partial charge < -0.3 is 10.1 Å². The smallest absolute Gasteiger partial charge is 0.119 e. The summed E-state index contributed by atoms with van der Waals surface area (Å²) < 4.78 is 7.05. The molecule has 4 heteroatoms. The molecule has 1 aromatic carbocycles. The van der Waals surface area contributed by atoms with Gasteiger partial charge in [-0.2, -0.15) is 5.10 Å². The molecule has 0 bridgehead atoms. The molecule has 0 atom stereocenters. The van der Waals surface area contributed by atoms with Crippen LogP contribution in [-0.4, -0.2) is 30.0 Å². The first-order valence-electron chi connectivity index (χ1n) is 6.72. The first kappa shape index (κ1) is 13.6. The van der Waals surface area contributed by atoms with Gasteiger partial charge in [0, 0.05) is 6.20 Å². The van der Waals surface area contributed by atoms with Crippen LogP contribution >= 0.6 is 0 Å². The van der Waals surface area contributed by atoms with Gasteiger partial charge in [-0.05, 0) is 55.8 Å². The zero-order valence-corrected chi connectivity index (χ0v) is 11.6. The fourth-order valence-corrected chi connectivity index (χ4v) is 1.96. The van der Waals surface area contributed by atoms with Gasteiger partial charge in [0.15, 0.2) is 0 Å². The van der Waals surface area contributed by atoms with Crippen molar-refractivity contribution in [3.8, 4) is 11.4 Å². The first-order chi connectivity index (χ1) is 9.33. The molecule has 0 amide bonds. The van der Waals surface area contributed by atoms with Crippen molar-refractivity contribution in [1.29, 1.82) is 0 Å². The van der Waals surface area contributed by atoms with Crippen LogP contribution in [0.4, 0.5) is 0 Å². The minimum absolute atomic E-state index is 0.863. The Hall–Kier alpha value is -1.81. The van der Waals surface area contributed by atoms with Gasteiger partial charge in [0.25, 0.3) is 0 Å². The van der Waals surface area contributed by atoms with E-state index in [0.717, 1.165) is 37.4 Å². The molecule has 1 aromatic heterocycles. The van der Waals surface area contributed by atoms with Crippen molar-refractivity contribution >= 4 is 0 Å². The van der Waals surface area contributed by atoms with Gasteiger partial charge in [-0.25, -0.2) is 4.68 Å². The number of aryl methyl sites for hydroxylation is 1. The third-order valence-electron chi connectivity index (χ3n) is 3.04. The number of rotatable bonds is 7. The van der Waals surface area contributed by atoms with Gasteiger partial charge in [0.1, 0.15) is 5.75 Å². The summed E-state index contributed by atoms with van der Waals surface area (Å²) in [4.78, 5) is 0. The Kier molecular flexibility index (Phi) is 4.98. The Labute approximate surface area is 114 Å². The molecule has 19 heavy (non-hydrogen) atoms. The van der Waals surface area contributed by atoms with Crippen LogP contribution in [0.2, 0.25) is 0 Å². The van der Waals surface area contributed by atoms with Crippen molar-refractivity contribution in [2.24, 2.45) is 0 Å². The van der Waals surface area contributed by atoms with Crippen molar-refractivity contribution in [3.05, 3.63) is 42.2 Å². The van der Waals surface area contributed by atoms with Gasteiger partial charge in [-0.3, -0.25) is 0 Å². The highest BCUT2D eigenvalue weighted by Gasteiger charge is 2.01. The van der Waals surface area contributed by atoms with Crippen LogP contribution in [0.1, 0.15) is 18.9 Å². The maximum atomic E-state index is 5.15. The highest BCUT2D eigenvalue weighted by Crippen LogP contribution is 2.15. The van der Waals surface area contributed by atoms with Crippen LogP contribution in [0, 0.1) is 0 Å². The number of ether oxygens (including phenoxy) is 1. The predicted molar refractivity (Wildman–Crippen MR) is 77.0 cm³/mol. The van der Waals surface area contributed by atoms with Crippen LogP contribution in [-0.2, 0) is 6.42 Å². The minimum atomic E-state index is 0.863. The van der Waals surface area contributed by atoms with Crippen LogP contribution < -0.4 is 10.1 Å². The van der Waals surface area contributed by atoms with Crippen LogP contribution in [0.15, 0.2) is 36.7 Å². The monoisotopic (exact) mass is 259 g/mol. The van der Waals surface area contributed by atoms with E-state index in [4.69, 9.17) is 4.74 Å².